The molecule has 2 aromatic carbocycles. The molecule has 1 aliphatic rings. The Morgan fingerprint density at radius 2 is 1.70 bits per heavy atom. The molecule has 1 heterocycles. The van der Waals surface area contributed by atoms with Crippen LogP contribution in [0.5, 0.6) is 11.5 Å². The molecule has 8 nitrogen and oxygen atoms in total. The van der Waals surface area contributed by atoms with Gasteiger partial charge in [0.15, 0.2) is 0 Å². The second kappa shape index (κ2) is 8.05. The number of rotatable bonds is 5. The third-order valence-electron chi connectivity index (χ3n) is 4.36. The van der Waals surface area contributed by atoms with E-state index in [1.807, 2.05) is 23.1 Å². The Labute approximate surface area is 158 Å². The maximum atomic E-state index is 13.0. The molecule has 1 amide bonds. The van der Waals surface area contributed by atoms with E-state index in [1.165, 1.54) is 12.1 Å². The summed E-state index contributed by atoms with van der Waals surface area (Å²) in [5.74, 6) is 0.393. The summed E-state index contributed by atoms with van der Waals surface area (Å²) in [6, 6.07) is 14.2. The lowest BCUT2D eigenvalue weighted by atomic mass is 10.2. The number of nitrogens with zero attached hydrogens (tertiary/aromatic N) is 2. The first-order chi connectivity index (χ1) is 12.9. The Morgan fingerprint density at radius 1 is 1.07 bits per heavy atom. The number of amides is 1. The molecule has 0 aromatic heterocycles. The number of sulfonamides is 1. The third kappa shape index (κ3) is 4.28. The minimum atomic E-state index is -3.90. The lowest BCUT2D eigenvalue weighted by Gasteiger charge is -2.37. The van der Waals surface area contributed by atoms with Gasteiger partial charge in [0.05, 0.1) is 4.90 Å². The molecule has 9 heteroatoms. The largest absolute Gasteiger partial charge is 0.457 e. The van der Waals surface area contributed by atoms with Gasteiger partial charge >= 0.3 is 0 Å². The highest BCUT2D eigenvalue weighted by molar-refractivity contribution is 7.89. The summed E-state index contributed by atoms with van der Waals surface area (Å²) in [4.78, 5) is 13.8. The molecule has 1 atom stereocenters. The van der Waals surface area contributed by atoms with E-state index in [1.54, 1.807) is 36.8 Å². The van der Waals surface area contributed by atoms with Gasteiger partial charge in [0.1, 0.15) is 17.5 Å². The monoisotopic (exact) mass is 391 g/mol. The SMILES string of the molecule is CN1CCN(S(=O)(=O)c2ccc(Oc3ccccc3)cc2)[C@@H](C(=O)NO)C1. The van der Waals surface area contributed by atoms with E-state index in [0.717, 1.165) is 4.31 Å². The van der Waals surface area contributed by atoms with E-state index >= 15 is 0 Å². The van der Waals surface area contributed by atoms with E-state index in [-0.39, 0.29) is 18.0 Å². The van der Waals surface area contributed by atoms with Crippen molar-refractivity contribution >= 4 is 15.9 Å². The first kappa shape index (κ1) is 19.3. The molecule has 0 radical (unpaired) electrons. The number of nitrogens with one attached hydrogen (secondary N) is 1. The van der Waals surface area contributed by atoms with Crippen molar-refractivity contribution in [2.75, 3.05) is 26.7 Å². The molecular formula is C18H21N3O5S. The van der Waals surface area contributed by atoms with Gasteiger partial charge in [-0.2, -0.15) is 4.31 Å². The third-order valence-corrected chi connectivity index (χ3v) is 6.28. The Kier molecular flexibility index (Phi) is 5.76. The van der Waals surface area contributed by atoms with Crippen molar-refractivity contribution in [3.63, 3.8) is 0 Å². The summed E-state index contributed by atoms with van der Waals surface area (Å²) in [6.07, 6.45) is 0. The van der Waals surface area contributed by atoms with Gasteiger partial charge in [-0.25, -0.2) is 13.9 Å². The molecule has 1 saturated heterocycles. The van der Waals surface area contributed by atoms with Crippen LogP contribution < -0.4 is 10.2 Å². The predicted octanol–water partition coefficient (Wildman–Crippen LogP) is 1.29. The minimum absolute atomic E-state index is 0.0585. The van der Waals surface area contributed by atoms with Crippen molar-refractivity contribution in [1.29, 1.82) is 0 Å². The van der Waals surface area contributed by atoms with E-state index in [0.29, 0.717) is 18.0 Å². The number of likely N-dealkylation sites (N-methyl/N-ethyl adjacent to an activating group) is 1. The van der Waals surface area contributed by atoms with Crippen LogP contribution in [0.15, 0.2) is 59.5 Å². The number of carbonyl (C=O) groups excluding carboxylic acids is 1. The average molecular weight is 391 g/mol. The molecule has 1 aliphatic heterocycles. The first-order valence-corrected chi connectivity index (χ1v) is 9.83. The van der Waals surface area contributed by atoms with E-state index in [2.05, 4.69) is 0 Å². The number of hydroxylamine groups is 1. The number of benzene rings is 2. The first-order valence-electron chi connectivity index (χ1n) is 8.39. The van der Waals surface area contributed by atoms with Crippen LogP contribution in [-0.4, -0.2) is 61.5 Å². The zero-order chi connectivity index (χ0) is 19.4. The summed E-state index contributed by atoms with van der Waals surface area (Å²) in [6.45, 7) is 0.837. The molecule has 0 unspecified atom stereocenters. The molecule has 3 rings (SSSR count). The average Bonchev–Trinajstić information content (AvgIpc) is 2.68. The van der Waals surface area contributed by atoms with Crippen LogP contribution in [-0.2, 0) is 14.8 Å². The Balaban J connectivity index is 1.82. The van der Waals surface area contributed by atoms with Gasteiger partial charge in [0.2, 0.25) is 10.0 Å². The van der Waals surface area contributed by atoms with Crippen molar-refractivity contribution in [3.8, 4) is 11.5 Å². The van der Waals surface area contributed by atoms with Crippen LogP contribution in [0.4, 0.5) is 0 Å². The molecular weight excluding hydrogens is 370 g/mol. The molecule has 0 spiro atoms. The van der Waals surface area contributed by atoms with Crippen LogP contribution >= 0.6 is 0 Å². The Morgan fingerprint density at radius 3 is 2.33 bits per heavy atom. The van der Waals surface area contributed by atoms with E-state index in [9.17, 15) is 13.2 Å². The lowest BCUT2D eigenvalue weighted by molar-refractivity contribution is -0.134. The predicted molar refractivity (Wildman–Crippen MR) is 98.1 cm³/mol. The summed E-state index contributed by atoms with van der Waals surface area (Å²) in [5, 5.41) is 8.95. The topological polar surface area (TPSA) is 99.2 Å². The quantitative estimate of drug-likeness (QED) is 0.589. The van der Waals surface area contributed by atoms with Gasteiger partial charge in [-0.3, -0.25) is 10.0 Å². The second-order valence-electron chi connectivity index (χ2n) is 6.26. The summed E-state index contributed by atoms with van der Waals surface area (Å²) in [7, 11) is -2.11. The Bertz CT molecular complexity index is 887. The fourth-order valence-electron chi connectivity index (χ4n) is 2.92. The highest BCUT2D eigenvalue weighted by Crippen LogP contribution is 2.26. The zero-order valence-corrected chi connectivity index (χ0v) is 15.6. The van der Waals surface area contributed by atoms with Gasteiger partial charge in [-0.15, -0.1) is 0 Å². The normalized spacial score (nSPS) is 18.8. The van der Waals surface area contributed by atoms with Gasteiger partial charge in [-0.1, -0.05) is 18.2 Å². The maximum Gasteiger partial charge on any atom is 0.263 e. The highest BCUT2D eigenvalue weighted by atomic mass is 32.2. The van der Waals surface area contributed by atoms with Crippen molar-refractivity contribution in [2.45, 2.75) is 10.9 Å². The fourth-order valence-corrected chi connectivity index (χ4v) is 4.49. The summed E-state index contributed by atoms with van der Waals surface area (Å²) < 4.78 is 32.8. The number of carbonyl (C=O) groups is 1. The molecule has 2 aromatic rings. The van der Waals surface area contributed by atoms with Crippen molar-refractivity contribution < 1.29 is 23.2 Å². The number of hydrogen-bond donors (Lipinski definition) is 2. The standard InChI is InChI=1S/C18H21N3O5S/c1-20-11-12-21(17(13-20)18(22)19-23)27(24,25)16-9-7-15(8-10-16)26-14-5-3-2-4-6-14/h2-10,17,23H,11-13H2,1H3,(H,19,22)/t17-/m1/s1. The number of piperazine rings is 1. The minimum Gasteiger partial charge on any atom is -0.457 e. The molecule has 144 valence electrons. The van der Waals surface area contributed by atoms with Gasteiger partial charge in [0.25, 0.3) is 5.91 Å². The van der Waals surface area contributed by atoms with Gasteiger partial charge in [0, 0.05) is 19.6 Å². The summed E-state index contributed by atoms with van der Waals surface area (Å²) >= 11 is 0. The molecule has 1 fully saturated rings. The van der Waals surface area contributed by atoms with E-state index in [4.69, 9.17) is 9.94 Å². The van der Waals surface area contributed by atoms with Crippen LogP contribution in [0, 0.1) is 0 Å². The van der Waals surface area contributed by atoms with Crippen LogP contribution in [0.3, 0.4) is 0 Å². The maximum absolute atomic E-state index is 13.0. The van der Waals surface area contributed by atoms with Gasteiger partial charge in [-0.05, 0) is 43.4 Å². The number of ether oxygens (including phenoxy) is 1. The smallest absolute Gasteiger partial charge is 0.263 e. The molecule has 0 aliphatic carbocycles. The van der Waals surface area contributed by atoms with Crippen LogP contribution in [0.2, 0.25) is 0 Å². The van der Waals surface area contributed by atoms with Crippen molar-refractivity contribution in [3.05, 3.63) is 54.6 Å². The number of hydrogen-bond acceptors (Lipinski definition) is 6. The fraction of sp³-hybridized carbons (Fsp3) is 0.278. The van der Waals surface area contributed by atoms with Gasteiger partial charge < -0.3 is 9.64 Å². The lowest BCUT2D eigenvalue weighted by Crippen LogP contribution is -2.59. The molecule has 0 saturated carbocycles. The summed E-state index contributed by atoms with van der Waals surface area (Å²) in [5.41, 5.74) is 1.55. The van der Waals surface area contributed by atoms with Crippen LogP contribution in [0.1, 0.15) is 0 Å². The van der Waals surface area contributed by atoms with Crippen molar-refractivity contribution in [2.24, 2.45) is 0 Å². The Hall–Kier alpha value is -2.46. The second-order valence-corrected chi connectivity index (χ2v) is 8.15. The molecule has 0 bridgehead atoms. The zero-order valence-electron chi connectivity index (χ0n) is 14.8. The van der Waals surface area contributed by atoms with E-state index < -0.39 is 22.0 Å². The molecule has 27 heavy (non-hydrogen) atoms. The number of para-hydroxylation sites is 1. The highest BCUT2D eigenvalue weighted by Gasteiger charge is 2.39. The van der Waals surface area contributed by atoms with Crippen molar-refractivity contribution in [1.82, 2.24) is 14.7 Å². The molecule has 2 N–H and O–H groups in total. The van der Waals surface area contributed by atoms with Crippen LogP contribution in [0.25, 0.3) is 0 Å².